The summed E-state index contributed by atoms with van der Waals surface area (Å²) in [7, 11) is 0. The highest BCUT2D eigenvalue weighted by molar-refractivity contribution is 5.97. The van der Waals surface area contributed by atoms with Crippen molar-refractivity contribution in [3.8, 4) is 0 Å². The van der Waals surface area contributed by atoms with Crippen molar-refractivity contribution in [1.29, 1.82) is 0 Å². The van der Waals surface area contributed by atoms with Crippen LogP contribution in [-0.4, -0.2) is 29.0 Å². The lowest BCUT2D eigenvalue weighted by molar-refractivity contribution is -0.148. The fourth-order valence-corrected chi connectivity index (χ4v) is 2.33. The van der Waals surface area contributed by atoms with Gasteiger partial charge in [0.1, 0.15) is 0 Å². The van der Waals surface area contributed by atoms with E-state index < -0.39 is 12.1 Å². The number of nitrogens with two attached hydrogens (primary N) is 1. The molecule has 1 fully saturated rings. The summed E-state index contributed by atoms with van der Waals surface area (Å²) in [5, 5.41) is 14.6. The third-order valence-electron chi connectivity index (χ3n) is 3.40. The van der Waals surface area contributed by atoms with Crippen molar-refractivity contribution >= 4 is 17.9 Å². The van der Waals surface area contributed by atoms with Gasteiger partial charge in [-0.2, -0.15) is 0 Å². The van der Waals surface area contributed by atoms with Gasteiger partial charge in [0.15, 0.2) is 5.84 Å². The van der Waals surface area contributed by atoms with Gasteiger partial charge in [-0.3, -0.25) is 0 Å². The molecule has 0 saturated heterocycles. The second-order valence-electron chi connectivity index (χ2n) is 4.91. The average molecular weight is 291 g/mol. The molecule has 1 saturated carbocycles. The SMILES string of the molecule is N/C(=N\OC(=O)[C@@H]1CC[C@H](NC(=O)O)C1)c1ccccc1. The zero-order chi connectivity index (χ0) is 15.2. The van der Waals surface area contributed by atoms with Gasteiger partial charge in [-0.15, -0.1) is 0 Å². The van der Waals surface area contributed by atoms with Crippen LogP contribution in [-0.2, 0) is 9.63 Å². The zero-order valence-corrected chi connectivity index (χ0v) is 11.4. The van der Waals surface area contributed by atoms with Gasteiger partial charge in [0.05, 0.1) is 5.92 Å². The van der Waals surface area contributed by atoms with Crippen LogP contribution in [0.4, 0.5) is 4.79 Å². The third kappa shape index (κ3) is 4.20. The van der Waals surface area contributed by atoms with Gasteiger partial charge >= 0.3 is 12.1 Å². The molecule has 21 heavy (non-hydrogen) atoms. The molecule has 1 amide bonds. The monoisotopic (exact) mass is 291 g/mol. The minimum Gasteiger partial charge on any atom is -0.465 e. The molecule has 0 spiro atoms. The van der Waals surface area contributed by atoms with Crippen molar-refractivity contribution in [2.45, 2.75) is 25.3 Å². The first-order valence-corrected chi connectivity index (χ1v) is 6.65. The summed E-state index contributed by atoms with van der Waals surface area (Å²) >= 11 is 0. The van der Waals surface area contributed by atoms with E-state index in [1.807, 2.05) is 6.07 Å². The molecule has 1 aromatic rings. The quantitative estimate of drug-likeness (QED) is 0.335. The van der Waals surface area contributed by atoms with E-state index in [-0.39, 0.29) is 17.8 Å². The van der Waals surface area contributed by atoms with Gasteiger partial charge in [0, 0.05) is 11.6 Å². The molecule has 0 bridgehead atoms. The van der Waals surface area contributed by atoms with E-state index in [1.165, 1.54) is 0 Å². The minimum absolute atomic E-state index is 0.127. The summed E-state index contributed by atoms with van der Waals surface area (Å²) < 4.78 is 0. The van der Waals surface area contributed by atoms with Crippen LogP contribution in [0.2, 0.25) is 0 Å². The summed E-state index contributed by atoms with van der Waals surface area (Å²) in [6, 6.07) is 8.76. The van der Waals surface area contributed by atoms with Crippen LogP contribution in [0, 0.1) is 5.92 Å². The van der Waals surface area contributed by atoms with Gasteiger partial charge in [0.2, 0.25) is 0 Å². The Labute approximate surface area is 121 Å². The number of carboxylic acid groups (broad SMARTS) is 1. The van der Waals surface area contributed by atoms with Crippen molar-refractivity contribution in [2.24, 2.45) is 16.8 Å². The number of benzene rings is 1. The van der Waals surface area contributed by atoms with Crippen molar-refractivity contribution in [1.82, 2.24) is 5.32 Å². The van der Waals surface area contributed by atoms with Gasteiger partial charge in [0.25, 0.3) is 0 Å². The minimum atomic E-state index is -1.08. The predicted molar refractivity (Wildman–Crippen MR) is 75.5 cm³/mol. The van der Waals surface area contributed by atoms with Gasteiger partial charge in [-0.1, -0.05) is 35.5 Å². The second-order valence-corrected chi connectivity index (χ2v) is 4.91. The van der Waals surface area contributed by atoms with Gasteiger partial charge in [-0.25, -0.2) is 9.59 Å². The topological polar surface area (TPSA) is 114 Å². The molecule has 0 heterocycles. The van der Waals surface area contributed by atoms with E-state index in [9.17, 15) is 9.59 Å². The zero-order valence-electron chi connectivity index (χ0n) is 11.4. The van der Waals surface area contributed by atoms with Crippen LogP contribution in [0.25, 0.3) is 0 Å². The Bertz CT molecular complexity index is 544. The fraction of sp³-hybridized carbons (Fsp3) is 0.357. The molecule has 0 aliphatic heterocycles. The molecule has 7 nitrogen and oxygen atoms in total. The number of carbonyl (C=O) groups excluding carboxylic acids is 1. The molecule has 4 N–H and O–H groups in total. The molecule has 0 radical (unpaired) electrons. The highest BCUT2D eigenvalue weighted by Gasteiger charge is 2.32. The number of nitrogens with one attached hydrogen (secondary N) is 1. The fourth-order valence-electron chi connectivity index (χ4n) is 2.33. The van der Waals surface area contributed by atoms with Gasteiger partial charge < -0.3 is 21.0 Å². The lowest BCUT2D eigenvalue weighted by Crippen LogP contribution is -2.31. The lowest BCUT2D eigenvalue weighted by atomic mass is 10.1. The number of rotatable bonds is 4. The van der Waals surface area contributed by atoms with E-state index in [1.54, 1.807) is 24.3 Å². The molecule has 112 valence electrons. The Kier molecular flexibility index (Phi) is 4.76. The van der Waals surface area contributed by atoms with Crippen LogP contribution in [0.15, 0.2) is 35.5 Å². The summed E-state index contributed by atoms with van der Waals surface area (Å²) in [6.45, 7) is 0. The normalized spacial score (nSPS) is 21.8. The van der Waals surface area contributed by atoms with Gasteiger partial charge in [-0.05, 0) is 19.3 Å². The standard InChI is InChI=1S/C14H17N3O4/c15-12(9-4-2-1-3-5-9)17-21-13(18)10-6-7-11(8-10)16-14(19)20/h1-5,10-11,16H,6-8H2,(H2,15,17)(H,19,20)/t10-,11+/m1/s1. The molecular weight excluding hydrogens is 274 g/mol. The van der Waals surface area contributed by atoms with Crippen LogP contribution in [0.3, 0.4) is 0 Å². The Morgan fingerprint density at radius 1 is 1.29 bits per heavy atom. The number of amides is 1. The van der Waals surface area contributed by atoms with E-state index in [0.717, 1.165) is 0 Å². The first-order valence-electron chi connectivity index (χ1n) is 6.65. The number of hydrogen-bond donors (Lipinski definition) is 3. The van der Waals surface area contributed by atoms with Crippen LogP contribution >= 0.6 is 0 Å². The summed E-state index contributed by atoms with van der Waals surface area (Å²) in [6.07, 6.45) is 0.528. The maximum atomic E-state index is 11.9. The average Bonchev–Trinajstić information content (AvgIpc) is 2.93. The summed E-state index contributed by atoms with van der Waals surface area (Å²) in [5.41, 5.74) is 6.39. The Hall–Kier alpha value is -2.57. The molecule has 7 heteroatoms. The first kappa shape index (κ1) is 14.8. The number of oxime groups is 1. The molecule has 1 aliphatic carbocycles. The number of amidine groups is 1. The molecule has 2 rings (SSSR count). The molecule has 0 unspecified atom stereocenters. The number of hydrogen-bond acceptors (Lipinski definition) is 4. The maximum absolute atomic E-state index is 11.9. The maximum Gasteiger partial charge on any atom is 0.404 e. The largest absolute Gasteiger partial charge is 0.465 e. The van der Waals surface area contributed by atoms with E-state index in [4.69, 9.17) is 15.7 Å². The van der Waals surface area contributed by atoms with E-state index in [2.05, 4.69) is 10.5 Å². The highest BCUT2D eigenvalue weighted by atomic mass is 16.7. The van der Waals surface area contributed by atoms with Crippen molar-refractivity contribution in [3.05, 3.63) is 35.9 Å². The van der Waals surface area contributed by atoms with Crippen LogP contribution < -0.4 is 11.1 Å². The summed E-state index contributed by atoms with van der Waals surface area (Å²) in [4.78, 5) is 27.2. The van der Waals surface area contributed by atoms with Crippen LogP contribution in [0.5, 0.6) is 0 Å². The highest BCUT2D eigenvalue weighted by Crippen LogP contribution is 2.26. The predicted octanol–water partition coefficient (Wildman–Crippen LogP) is 1.29. The molecule has 0 aromatic heterocycles. The number of carbonyl (C=O) groups is 2. The van der Waals surface area contributed by atoms with Crippen molar-refractivity contribution < 1.29 is 19.5 Å². The first-order chi connectivity index (χ1) is 10.1. The Morgan fingerprint density at radius 3 is 2.67 bits per heavy atom. The van der Waals surface area contributed by atoms with E-state index in [0.29, 0.717) is 24.8 Å². The summed E-state index contributed by atoms with van der Waals surface area (Å²) in [5.74, 6) is -0.708. The third-order valence-corrected chi connectivity index (χ3v) is 3.40. The smallest absolute Gasteiger partial charge is 0.404 e. The number of nitrogens with zero attached hydrogens (tertiary/aromatic N) is 1. The van der Waals surface area contributed by atoms with Crippen LogP contribution in [0.1, 0.15) is 24.8 Å². The Balaban J connectivity index is 1.87. The second kappa shape index (κ2) is 6.74. The van der Waals surface area contributed by atoms with E-state index >= 15 is 0 Å². The lowest BCUT2D eigenvalue weighted by Gasteiger charge is -2.09. The molecule has 2 atom stereocenters. The molecule has 1 aromatic carbocycles. The molecule has 1 aliphatic rings. The van der Waals surface area contributed by atoms with Crippen molar-refractivity contribution in [2.75, 3.05) is 0 Å². The Morgan fingerprint density at radius 2 is 2.00 bits per heavy atom. The van der Waals surface area contributed by atoms with Crippen molar-refractivity contribution in [3.63, 3.8) is 0 Å². The molecular formula is C14H17N3O4.